The van der Waals surface area contributed by atoms with Gasteiger partial charge in [-0.1, -0.05) is 22.1 Å². The smallest absolute Gasteiger partial charge is 0.315 e. The van der Waals surface area contributed by atoms with E-state index in [1.54, 1.807) is 0 Å². The van der Waals surface area contributed by atoms with Crippen LogP contribution >= 0.6 is 11.5 Å². The van der Waals surface area contributed by atoms with Crippen molar-refractivity contribution in [1.82, 2.24) is 14.8 Å². The van der Waals surface area contributed by atoms with Gasteiger partial charge < -0.3 is 4.74 Å². The predicted molar refractivity (Wildman–Crippen MR) is 41.2 cm³/mol. The first-order valence-electron chi connectivity index (χ1n) is 2.77. The fourth-order valence-electron chi connectivity index (χ4n) is 0.430. The van der Waals surface area contributed by atoms with Gasteiger partial charge in [0.05, 0.1) is 0 Å². The lowest BCUT2D eigenvalue weighted by Crippen LogP contribution is -2.09. The molecule has 5 heteroatoms. The Hall–Kier alpha value is -1.41. The second kappa shape index (κ2) is 3.68. The van der Waals surface area contributed by atoms with E-state index in [4.69, 9.17) is 11.2 Å². The molecule has 1 aromatic rings. The Labute approximate surface area is 68.1 Å². The van der Waals surface area contributed by atoms with Crippen LogP contribution in [0, 0.1) is 12.3 Å². The molecule has 4 nitrogen and oxygen atoms in total. The average Bonchev–Trinajstić information content (AvgIpc) is 2.52. The topological polar surface area (TPSA) is 47.9 Å². The van der Waals surface area contributed by atoms with Crippen molar-refractivity contribution in [2.45, 2.75) is 6.10 Å². The second-order valence-corrected chi connectivity index (χ2v) is 2.26. The summed E-state index contributed by atoms with van der Waals surface area (Å²) in [5.41, 5.74) is 0. The van der Waals surface area contributed by atoms with Crippen LogP contribution in [0.1, 0.15) is 0 Å². The van der Waals surface area contributed by atoms with Crippen LogP contribution in [0.4, 0.5) is 0 Å². The maximum absolute atomic E-state index is 5.09. The molecule has 0 aliphatic carbocycles. The SMILES string of the molecule is C#CC(C=C)Oc1nnns1. The number of hydrogen-bond acceptors (Lipinski definition) is 5. The highest BCUT2D eigenvalue weighted by atomic mass is 32.1. The number of terminal acetylenes is 1. The van der Waals surface area contributed by atoms with Crippen LogP contribution in [-0.4, -0.2) is 20.9 Å². The normalized spacial score (nSPS) is 11.5. The summed E-state index contributed by atoms with van der Waals surface area (Å²) < 4.78 is 8.58. The zero-order valence-electron chi connectivity index (χ0n) is 5.60. The Bertz CT molecular complexity index is 264. The Balaban J connectivity index is 2.56. The Morgan fingerprint density at radius 1 is 1.82 bits per heavy atom. The second-order valence-electron chi connectivity index (χ2n) is 1.57. The van der Waals surface area contributed by atoms with Gasteiger partial charge in [0.15, 0.2) is 6.10 Å². The summed E-state index contributed by atoms with van der Waals surface area (Å²) in [5, 5.41) is 7.23. The molecule has 0 amide bonds. The molecule has 0 fully saturated rings. The van der Waals surface area contributed by atoms with Crippen molar-refractivity contribution in [3.63, 3.8) is 0 Å². The maximum atomic E-state index is 5.09. The third-order valence-corrected chi connectivity index (χ3v) is 1.38. The monoisotopic (exact) mass is 167 g/mol. The number of nitrogens with zero attached hydrogens (tertiary/aromatic N) is 3. The lowest BCUT2D eigenvalue weighted by atomic mass is 10.4. The average molecular weight is 167 g/mol. The fraction of sp³-hybridized carbons (Fsp3) is 0.167. The van der Waals surface area contributed by atoms with Gasteiger partial charge in [-0.2, -0.15) is 0 Å². The minimum Gasteiger partial charge on any atom is -0.447 e. The van der Waals surface area contributed by atoms with Crippen LogP contribution < -0.4 is 4.74 Å². The molecule has 1 unspecified atom stereocenters. The molecule has 0 N–H and O–H groups in total. The van der Waals surface area contributed by atoms with Crippen LogP contribution in [0.15, 0.2) is 12.7 Å². The molecule has 0 aliphatic rings. The number of ether oxygens (including phenoxy) is 1. The molecule has 1 aromatic heterocycles. The van der Waals surface area contributed by atoms with Gasteiger partial charge in [0.2, 0.25) is 0 Å². The van der Waals surface area contributed by atoms with Crippen molar-refractivity contribution in [1.29, 1.82) is 0 Å². The van der Waals surface area contributed by atoms with Crippen LogP contribution in [0.2, 0.25) is 0 Å². The summed E-state index contributed by atoms with van der Waals surface area (Å²) in [7, 11) is 0. The van der Waals surface area contributed by atoms with Crippen LogP contribution in [0.5, 0.6) is 5.19 Å². The Morgan fingerprint density at radius 2 is 2.64 bits per heavy atom. The summed E-state index contributed by atoms with van der Waals surface area (Å²) in [5.74, 6) is 2.36. The molecular weight excluding hydrogens is 162 g/mol. The van der Waals surface area contributed by atoms with Gasteiger partial charge in [-0.25, -0.2) is 0 Å². The molecule has 56 valence electrons. The highest BCUT2D eigenvalue weighted by Gasteiger charge is 2.03. The Kier molecular flexibility index (Phi) is 2.58. The van der Waals surface area contributed by atoms with E-state index in [2.05, 4.69) is 27.3 Å². The van der Waals surface area contributed by atoms with Gasteiger partial charge >= 0.3 is 5.19 Å². The molecule has 0 bridgehead atoms. The number of hydrogen-bond donors (Lipinski definition) is 0. The predicted octanol–water partition coefficient (Wildman–Crippen LogP) is 0.500. The van der Waals surface area contributed by atoms with E-state index >= 15 is 0 Å². The van der Waals surface area contributed by atoms with Crippen molar-refractivity contribution in [2.75, 3.05) is 0 Å². The number of aromatic nitrogens is 3. The van der Waals surface area contributed by atoms with E-state index in [0.717, 1.165) is 11.5 Å². The van der Waals surface area contributed by atoms with Gasteiger partial charge in [-0.15, -0.1) is 6.42 Å². The summed E-state index contributed by atoms with van der Waals surface area (Å²) in [6.07, 6.45) is 6.14. The molecule has 0 saturated carbocycles. The number of rotatable bonds is 3. The molecule has 1 rings (SSSR count). The van der Waals surface area contributed by atoms with Crippen LogP contribution in [0.25, 0.3) is 0 Å². The third-order valence-electron chi connectivity index (χ3n) is 0.888. The third kappa shape index (κ3) is 2.02. The van der Waals surface area contributed by atoms with E-state index in [9.17, 15) is 0 Å². The molecule has 0 saturated heterocycles. The zero-order valence-corrected chi connectivity index (χ0v) is 6.41. The molecule has 0 radical (unpaired) electrons. The summed E-state index contributed by atoms with van der Waals surface area (Å²) in [6.45, 7) is 3.48. The molecule has 11 heavy (non-hydrogen) atoms. The van der Waals surface area contributed by atoms with Gasteiger partial charge in [-0.3, -0.25) is 0 Å². The minimum atomic E-state index is -0.454. The highest BCUT2D eigenvalue weighted by Crippen LogP contribution is 2.10. The van der Waals surface area contributed by atoms with Crippen molar-refractivity contribution in [3.05, 3.63) is 12.7 Å². The van der Waals surface area contributed by atoms with Crippen molar-refractivity contribution in [2.24, 2.45) is 0 Å². The molecular formula is C6H5N3OS. The molecule has 0 aromatic carbocycles. The largest absolute Gasteiger partial charge is 0.447 e. The molecule has 0 spiro atoms. The first-order valence-corrected chi connectivity index (χ1v) is 3.54. The van der Waals surface area contributed by atoms with Gasteiger partial charge in [-0.05, 0) is 11.3 Å². The summed E-state index contributed by atoms with van der Waals surface area (Å²) in [6, 6.07) is 0. The van der Waals surface area contributed by atoms with E-state index < -0.39 is 6.10 Å². The fourth-order valence-corrected chi connectivity index (χ4v) is 0.793. The lowest BCUT2D eigenvalue weighted by molar-refractivity contribution is 0.301. The van der Waals surface area contributed by atoms with Crippen LogP contribution in [0.3, 0.4) is 0 Å². The first-order chi connectivity index (χ1) is 5.36. The highest BCUT2D eigenvalue weighted by molar-refractivity contribution is 7.07. The molecule has 1 atom stereocenters. The molecule has 0 aliphatic heterocycles. The summed E-state index contributed by atoms with van der Waals surface area (Å²) in [4.78, 5) is 0. The zero-order chi connectivity index (χ0) is 8.10. The van der Waals surface area contributed by atoms with Crippen LogP contribution in [-0.2, 0) is 0 Å². The maximum Gasteiger partial charge on any atom is 0.315 e. The van der Waals surface area contributed by atoms with Crippen molar-refractivity contribution in [3.8, 4) is 17.5 Å². The van der Waals surface area contributed by atoms with Gasteiger partial charge in [0.1, 0.15) is 0 Å². The Morgan fingerprint density at radius 3 is 3.09 bits per heavy atom. The van der Waals surface area contributed by atoms with E-state index in [-0.39, 0.29) is 0 Å². The van der Waals surface area contributed by atoms with E-state index in [1.165, 1.54) is 6.08 Å². The first kappa shape index (κ1) is 7.69. The van der Waals surface area contributed by atoms with E-state index in [1.807, 2.05) is 0 Å². The standard InChI is InChI=1S/C6H5N3OS/c1-3-5(4-2)10-6-7-8-9-11-6/h1,4-5H,2H2. The summed E-state index contributed by atoms with van der Waals surface area (Å²) >= 11 is 1.04. The van der Waals surface area contributed by atoms with E-state index in [0.29, 0.717) is 5.19 Å². The molecule has 1 heterocycles. The van der Waals surface area contributed by atoms with Gasteiger partial charge in [0.25, 0.3) is 0 Å². The van der Waals surface area contributed by atoms with Crippen molar-refractivity contribution >= 4 is 11.5 Å². The quantitative estimate of drug-likeness (QED) is 0.486. The lowest BCUT2D eigenvalue weighted by Gasteiger charge is -2.02. The van der Waals surface area contributed by atoms with Gasteiger partial charge in [0, 0.05) is 11.5 Å². The van der Waals surface area contributed by atoms with Crippen molar-refractivity contribution < 1.29 is 4.74 Å². The minimum absolute atomic E-state index is 0.354.